The van der Waals surface area contributed by atoms with E-state index in [1.807, 2.05) is 11.0 Å². The lowest BCUT2D eigenvalue weighted by atomic mass is 9.84. The molecule has 2 heterocycles. The predicted molar refractivity (Wildman–Crippen MR) is 105 cm³/mol. The Morgan fingerprint density at radius 3 is 2.40 bits per heavy atom. The largest absolute Gasteiger partial charge is 0.335 e. The molecule has 132 valence electrons. The Kier molecular flexibility index (Phi) is 4.93. The van der Waals surface area contributed by atoms with Gasteiger partial charge in [0, 0.05) is 17.5 Å². The highest BCUT2D eigenvalue weighted by molar-refractivity contribution is 7.17. The van der Waals surface area contributed by atoms with Crippen molar-refractivity contribution in [3.63, 3.8) is 0 Å². The van der Waals surface area contributed by atoms with Crippen LogP contribution < -0.4 is 0 Å². The van der Waals surface area contributed by atoms with Crippen molar-refractivity contribution in [2.75, 3.05) is 6.54 Å². The molecule has 1 aliphatic heterocycles. The highest BCUT2D eigenvalue weighted by Gasteiger charge is 2.27. The Morgan fingerprint density at radius 1 is 0.960 bits per heavy atom. The van der Waals surface area contributed by atoms with Gasteiger partial charge < -0.3 is 4.90 Å². The Balaban J connectivity index is 1.49. The fraction of sp³-hybridized carbons (Fsp3) is 0.500. The monoisotopic (exact) mass is 353 g/mol. The van der Waals surface area contributed by atoms with Crippen molar-refractivity contribution in [1.29, 1.82) is 0 Å². The third-order valence-corrected chi connectivity index (χ3v) is 7.02. The zero-order chi connectivity index (χ0) is 17.2. The van der Waals surface area contributed by atoms with Gasteiger partial charge in [0.2, 0.25) is 0 Å². The highest BCUT2D eigenvalue weighted by Crippen LogP contribution is 2.35. The molecule has 2 aliphatic rings. The summed E-state index contributed by atoms with van der Waals surface area (Å²) in [6, 6.07) is 13.6. The van der Waals surface area contributed by atoms with Crippen molar-refractivity contribution < 1.29 is 4.79 Å². The smallest absolute Gasteiger partial charge is 0.264 e. The Bertz CT molecular complexity index is 727. The van der Waals surface area contributed by atoms with Gasteiger partial charge in [-0.1, -0.05) is 43.5 Å². The maximum Gasteiger partial charge on any atom is 0.264 e. The number of carbonyl (C=O) groups excluding carboxylic acids is 1. The average molecular weight is 354 g/mol. The van der Waals surface area contributed by atoms with Gasteiger partial charge >= 0.3 is 0 Å². The number of rotatable bonds is 3. The van der Waals surface area contributed by atoms with Crippen molar-refractivity contribution in [3.8, 4) is 10.4 Å². The molecule has 2 fully saturated rings. The van der Waals surface area contributed by atoms with Crippen LogP contribution >= 0.6 is 11.3 Å². The molecule has 25 heavy (non-hydrogen) atoms. The number of nitrogens with zero attached hydrogens (tertiary/aromatic N) is 1. The van der Waals surface area contributed by atoms with E-state index in [0.29, 0.717) is 6.04 Å². The van der Waals surface area contributed by atoms with Gasteiger partial charge in [0.15, 0.2) is 0 Å². The number of benzene rings is 1. The van der Waals surface area contributed by atoms with Crippen molar-refractivity contribution >= 4 is 17.2 Å². The number of hydrogen-bond acceptors (Lipinski definition) is 2. The summed E-state index contributed by atoms with van der Waals surface area (Å²) >= 11 is 1.63. The first-order valence-electron chi connectivity index (χ1n) is 9.73. The van der Waals surface area contributed by atoms with E-state index >= 15 is 0 Å². The second-order valence-corrected chi connectivity index (χ2v) is 8.69. The molecule has 0 bridgehead atoms. The van der Waals surface area contributed by atoms with Crippen LogP contribution in [0.2, 0.25) is 0 Å². The van der Waals surface area contributed by atoms with E-state index in [4.69, 9.17) is 0 Å². The van der Waals surface area contributed by atoms with Gasteiger partial charge in [-0.25, -0.2) is 0 Å². The van der Waals surface area contributed by atoms with Gasteiger partial charge in [-0.3, -0.25) is 4.79 Å². The van der Waals surface area contributed by atoms with Crippen LogP contribution in [0.5, 0.6) is 0 Å². The lowest BCUT2D eigenvalue weighted by Gasteiger charge is -2.22. The minimum atomic E-state index is 0.208. The first-order valence-corrected chi connectivity index (χ1v) is 10.5. The summed E-state index contributed by atoms with van der Waals surface area (Å²) in [7, 11) is 0. The molecular weight excluding hydrogens is 326 g/mol. The molecule has 1 aromatic heterocycles. The van der Waals surface area contributed by atoms with Crippen molar-refractivity contribution in [3.05, 3.63) is 46.8 Å². The van der Waals surface area contributed by atoms with Gasteiger partial charge in [-0.2, -0.15) is 0 Å². The summed E-state index contributed by atoms with van der Waals surface area (Å²) in [5.74, 6) is 0.958. The van der Waals surface area contributed by atoms with Gasteiger partial charge in [0.25, 0.3) is 5.91 Å². The molecule has 0 N–H and O–H groups in total. The van der Waals surface area contributed by atoms with E-state index < -0.39 is 0 Å². The zero-order valence-corrected chi connectivity index (χ0v) is 15.9. The van der Waals surface area contributed by atoms with Crippen molar-refractivity contribution in [2.24, 2.45) is 0 Å². The van der Waals surface area contributed by atoms with Crippen LogP contribution in [0.15, 0.2) is 36.4 Å². The second-order valence-electron chi connectivity index (χ2n) is 7.61. The molecule has 1 amide bonds. The number of amides is 1. The third kappa shape index (κ3) is 3.52. The number of hydrogen-bond donors (Lipinski definition) is 0. The molecule has 0 spiro atoms. The molecule has 2 aromatic rings. The maximum atomic E-state index is 12.7. The first kappa shape index (κ1) is 16.8. The van der Waals surface area contributed by atoms with Crippen molar-refractivity contribution in [2.45, 2.75) is 63.8 Å². The van der Waals surface area contributed by atoms with Crippen LogP contribution in [-0.4, -0.2) is 23.4 Å². The van der Waals surface area contributed by atoms with Crippen LogP contribution in [0.3, 0.4) is 0 Å². The minimum Gasteiger partial charge on any atom is -0.335 e. The molecule has 0 radical (unpaired) electrons. The standard InChI is InChI=1S/C22H27NOS/c1-16-6-5-15-23(16)22(24)21-14-13-20(25-21)19-11-9-18(10-12-19)17-7-3-2-4-8-17/h9-14,16-17H,2-8,15H2,1H3. The number of carbonyl (C=O) groups is 1. The van der Waals surface area contributed by atoms with E-state index in [1.165, 1.54) is 48.1 Å². The summed E-state index contributed by atoms with van der Waals surface area (Å²) in [5, 5.41) is 0. The van der Waals surface area contributed by atoms with Crippen molar-refractivity contribution in [1.82, 2.24) is 4.90 Å². The van der Waals surface area contributed by atoms with E-state index in [2.05, 4.69) is 37.3 Å². The molecule has 1 unspecified atom stereocenters. The molecule has 1 atom stereocenters. The summed E-state index contributed by atoms with van der Waals surface area (Å²) in [6.07, 6.45) is 9.09. The molecule has 1 saturated carbocycles. The Morgan fingerprint density at radius 2 is 1.72 bits per heavy atom. The van der Waals surface area contributed by atoms with Crippen LogP contribution in [0.25, 0.3) is 10.4 Å². The normalized spacial score (nSPS) is 21.6. The summed E-state index contributed by atoms with van der Waals surface area (Å²) in [5.41, 5.74) is 2.72. The highest BCUT2D eigenvalue weighted by atomic mass is 32.1. The fourth-order valence-electron chi connectivity index (χ4n) is 4.34. The molecular formula is C22H27NOS. The number of thiophene rings is 1. The second kappa shape index (κ2) is 7.33. The van der Waals surface area contributed by atoms with Crippen LogP contribution in [0.1, 0.15) is 73.0 Å². The molecule has 2 nitrogen and oxygen atoms in total. The van der Waals surface area contributed by atoms with E-state index in [0.717, 1.165) is 30.2 Å². The van der Waals surface area contributed by atoms with E-state index in [-0.39, 0.29) is 5.91 Å². The summed E-state index contributed by atoms with van der Waals surface area (Å²) in [6.45, 7) is 3.06. The topological polar surface area (TPSA) is 20.3 Å². The quantitative estimate of drug-likeness (QED) is 0.654. The minimum absolute atomic E-state index is 0.208. The van der Waals surface area contributed by atoms with Gasteiger partial charge in [0.05, 0.1) is 4.88 Å². The molecule has 1 aromatic carbocycles. The Hall–Kier alpha value is -1.61. The molecule has 4 rings (SSSR count). The maximum absolute atomic E-state index is 12.7. The zero-order valence-electron chi connectivity index (χ0n) is 15.0. The summed E-state index contributed by atoms with van der Waals surface area (Å²) in [4.78, 5) is 16.8. The van der Waals surface area contributed by atoms with Crippen LogP contribution in [0, 0.1) is 0 Å². The molecule has 1 saturated heterocycles. The average Bonchev–Trinajstić information content (AvgIpc) is 3.31. The van der Waals surface area contributed by atoms with Crippen LogP contribution in [0.4, 0.5) is 0 Å². The third-order valence-electron chi connectivity index (χ3n) is 5.90. The molecule has 1 aliphatic carbocycles. The first-order chi connectivity index (χ1) is 12.2. The molecule has 3 heteroatoms. The van der Waals surface area contributed by atoms with Gasteiger partial charge in [-0.15, -0.1) is 11.3 Å². The lowest BCUT2D eigenvalue weighted by Crippen LogP contribution is -2.32. The van der Waals surface area contributed by atoms with E-state index in [9.17, 15) is 4.79 Å². The fourth-order valence-corrected chi connectivity index (χ4v) is 5.31. The van der Waals surface area contributed by atoms with Crippen LogP contribution in [-0.2, 0) is 0 Å². The SMILES string of the molecule is CC1CCCN1C(=O)c1ccc(-c2ccc(C3CCCCC3)cc2)s1. The lowest BCUT2D eigenvalue weighted by molar-refractivity contribution is 0.0752. The summed E-state index contributed by atoms with van der Waals surface area (Å²) < 4.78 is 0. The van der Waals surface area contributed by atoms with Gasteiger partial charge in [-0.05, 0) is 61.8 Å². The predicted octanol–water partition coefficient (Wildman–Crippen LogP) is 6.09. The Labute approximate surface area is 154 Å². The number of likely N-dealkylation sites (tertiary alicyclic amines) is 1. The van der Waals surface area contributed by atoms with Gasteiger partial charge in [0.1, 0.15) is 0 Å². The van der Waals surface area contributed by atoms with E-state index in [1.54, 1.807) is 11.3 Å².